The minimum absolute atomic E-state index is 0.200. The zero-order valence-electron chi connectivity index (χ0n) is 10.8. The molecule has 3 heteroatoms. The molecule has 0 atom stereocenters. The minimum atomic E-state index is 0.200. The molecule has 3 nitrogen and oxygen atoms in total. The highest BCUT2D eigenvalue weighted by Gasteiger charge is 2.08. The Labute approximate surface area is 98.9 Å². The molecule has 0 aliphatic heterocycles. The Morgan fingerprint density at radius 2 is 2.06 bits per heavy atom. The van der Waals surface area contributed by atoms with Crippen LogP contribution in [0.25, 0.3) is 0 Å². The molecule has 0 radical (unpaired) electrons. The van der Waals surface area contributed by atoms with Crippen LogP contribution >= 0.6 is 0 Å². The van der Waals surface area contributed by atoms with E-state index in [0.29, 0.717) is 0 Å². The van der Waals surface area contributed by atoms with Crippen molar-refractivity contribution >= 4 is 0 Å². The summed E-state index contributed by atoms with van der Waals surface area (Å²) in [6.07, 6.45) is 1.84. The average Bonchev–Trinajstić information content (AvgIpc) is 2.17. The van der Waals surface area contributed by atoms with Gasteiger partial charge in [0.25, 0.3) is 0 Å². The molecule has 0 spiro atoms. The number of hydrogen-bond acceptors (Lipinski definition) is 3. The van der Waals surface area contributed by atoms with E-state index < -0.39 is 0 Å². The summed E-state index contributed by atoms with van der Waals surface area (Å²) in [4.78, 5) is 6.59. The lowest BCUT2D eigenvalue weighted by atomic mass is 10.1. The fourth-order valence-corrected chi connectivity index (χ4v) is 1.47. The molecule has 1 N–H and O–H groups in total. The third-order valence-electron chi connectivity index (χ3n) is 2.31. The molecule has 0 saturated carbocycles. The van der Waals surface area contributed by atoms with Crippen LogP contribution in [0.2, 0.25) is 0 Å². The van der Waals surface area contributed by atoms with Gasteiger partial charge in [-0.15, -0.1) is 0 Å². The Hall–Kier alpha value is -0.930. The van der Waals surface area contributed by atoms with Gasteiger partial charge in [-0.3, -0.25) is 9.88 Å². The van der Waals surface area contributed by atoms with E-state index in [9.17, 15) is 0 Å². The van der Waals surface area contributed by atoms with Gasteiger partial charge in [0.05, 0.1) is 5.69 Å². The van der Waals surface area contributed by atoms with Crippen LogP contribution in [0.4, 0.5) is 0 Å². The highest BCUT2D eigenvalue weighted by molar-refractivity contribution is 5.02. The highest BCUT2D eigenvalue weighted by atomic mass is 15.1. The molecule has 90 valence electrons. The number of hydrogen-bond donors (Lipinski definition) is 1. The topological polar surface area (TPSA) is 28.2 Å². The first-order valence-corrected chi connectivity index (χ1v) is 5.81. The van der Waals surface area contributed by atoms with Crippen molar-refractivity contribution in [1.82, 2.24) is 15.2 Å². The first-order chi connectivity index (χ1) is 7.47. The van der Waals surface area contributed by atoms with E-state index >= 15 is 0 Å². The van der Waals surface area contributed by atoms with E-state index in [1.165, 1.54) is 0 Å². The van der Waals surface area contributed by atoms with Crippen molar-refractivity contribution in [2.75, 3.05) is 20.1 Å². The predicted molar refractivity (Wildman–Crippen MR) is 68.3 cm³/mol. The molecule has 0 unspecified atom stereocenters. The summed E-state index contributed by atoms with van der Waals surface area (Å²) < 4.78 is 0. The lowest BCUT2D eigenvalue weighted by Gasteiger charge is -2.23. The van der Waals surface area contributed by atoms with E-state index in [-0.39, 0.29) is 5.54 Å². The summed E-state index contributed by atoms with van der Waals surface area (Å²) >= 11 is 0. The smallest absolute Gasteiger partial charge is 0.0543 e. The van der Waals surface area contributed by atoms with E-state index in [4.69, 9.17) is 0 Å². The Bertz CT molecular complexity index is 290. The third-order valence-corrected chi connectivity index (χ3v) is 2.31. The molecular weight excluding hydrogens is 198 g/mol. The van der Waals surface area contributed by atoms with Crippen molar-refractivity contribution in [3.63, 3.8) is 0 Å². The summed E-state index contributed by atoms with van der Waals surface area (Å²) in [6, 6.07) is 6.04. The van der Waals surface area contributed by atoms with Crippen molar-refractivity contribution in [2.24, 2.45) is 0 Å². The van der Waals surface area contributed by atoms with Crippen LogP contribution in [0.3, 0.4) is 0 Å². The van der Waals surface area contributed by atoms with Crippen molar-refractivity contribution < 1.29 is 0 Å². The second kappa shape index (κ2) is 5.97. The second-order valence-electron chi connectivity index (χ2n) is 5.24. The molecule has 0 saturated heterocycles. The Morgan fingerprint density at radius 1 is 1.31 bits per heavy atom. The van der Waals surface area contributed by atoms with Gasteiger partial charge in [0.15, 0.2) is 0 Å². The number of nitrogens with one attached hydrogen (secondary N) is 1. The maximum Gasteiger partial charge on any atom is 0.0543 e. The summed E-state index contributed by atoms with van der Waals surface area (Å²) in [5.41, 5.74) is 1.33. The fraction of sp³-hybridized carbons (Fsp3) is 0.615. The van der Waals surface area contributed by atoms with Gasteiger partial charge >= 0.3 is 0 Å². The van der Waals surface area contributed by atoms with Gasteiger partial charge in [-0.2, -0.15) is 0 Å². The van der Waals surface area contributed by atoms with Crippen LogP contribution in [-0.2, 0) is 6.54 Å². The van der Waals surface area contributed by atoms with Crippen LogP contribution < -0.4 is 5.32 Å². The van der Waals surface area contributed by atoms with Crippen molar-refractivity contribution in [3.8, 4) is 0 Å². The number of rotatable bonds is 5. The number of nitrogens with zero attached hydrogens (tertiary/aromatic N) is 2. The Morgan fingerprint density at radius 3 is 2.62 bits per heavy atom. The van der Waals surface area contributed by atoms with Crippen LogP contribution in [0.15, 0.2) is 24.4 Å². The zero-order valence-corrected chi connectivity index (χ0v) is 10.8. The van der Waals surface area contributed by atoms with Gasteiger partial charge in [0.1, 0.15) is 0 Å². The lowest BCUT2D eigenvalue weighted by molar-refractivity contribution is 0.300. The van der Waals surface area contributed by atoms with Crippen LogP contribution in [0, 0.1) is 0 Å². The van der Waals surface area contributed by atoms with Crippen molar-refractivity contribution in [1.29, 1.82) is 0 Å². The number of pyridine rings is 1. The van der Waals surface area contributed by atoms with Crippen molar-refractivity contribution in [2.45, 2.75) is 32.9 Å². The molecule has 16 heavy (non-hydrogen) atoms. The van der Waals surface area contributed by atoms with Crippen LogP contribution in [-0.4, -0.2) is 35.6 Å². The standard InChI is InChI=1S/C13H23N3/c1-13(2,3)15-9-10-16(4)11-12-7-5-6-8-14-12/h5-8,15H,9-11H2,1-4H3. The maximum absolute atomic E-state index is 4.31. The summed E-state index contributed by atoms with van der Waals surface area (Å²) in [5.74, 6) is 0. The molecule has 0 fully saturated rings. The summed E-state index contributed by atoms with van der Waals surface area (Å²) in [7, 11) is 2.12. The number of aromatic nitrogens is 1. The highest BCUT2D eigenvalue weighted by Crippen LogP contribution is 2.00. The van der Waals surface area contributed by atoms with Crippen LogP contribution in [0.1, 0.15) is 26.5 Å². The molecule has 0 aliphatic carbocycles. The third kappa shape index (κ3) is 5.83. The van der Waals surface area contributed by atoms with Gasteiger partial charge in [-0.25, -0.2) is 0 Å². The maximum atomic E-state index is 4.31. The van der Waals surface area contributed by atoms with E-state index in [2.05, 4.69) is 49.1 Å². The molecule has 1 heterocycles. The van der Waals surface area contributed by atoms with Gasteiger partial charge in [0.2, 0.25) is 0 Å². The van der Waals surface area contributed by atoms with Gasteiger partial charge in [-0.1, -0.05) is 6.07 Å². The molecule has 0 bridgehead atoms. The van der Waals surface area contributed by atoms with Gasteiger partial charge in [0, 0.05) is 31.4 Å². The van der Waals surface area contributed by atoms with E-state index in [1.807, 2.05) is 18.3 Å². The SMILES string of the molecule is CN(CCNC(C)(C)C)Cc1ccccn1. The van der Waals surface area contributed by atoms with Gasteiger partial charge in [-0.05, 0) is 40.0 Å². The van der Waals surface area contributed by atoms with Crippen LogP contribution in [0.5, 0.6) is 0 Å². The molecule has 0 amide bonds. The Kier molecular flexibility index (Phi) is 4.90. The number of likely N-dealkylation sites (N-methyl/N-ethyl adjacent to an activating group) is 1. The average molecular weight is 221 g/mol. The molecule has 0 aromatic carbocycles. The first-order valence-electron chi connectivity index (χ1n) is 5.81. The zero-order chi connectivity index (χ0) is 12.0. The molecule has 0 aliphatic rings. The lowest BCUT2D eigenvalue weighted by Crippen LogP contribution is -2.40. The van der Waals surface area contributed by atoms with E-state index in [1.54, 1.807) is 0 Å². The normalized spacial score (nSPS) is 12.1. The quantitative estimate of drug-likeness (QED) is 0.823. The first kappa shape index (κ1) is 13.1. The Balaban J connectivity index is 2.24. The van der Waals surface area contributed by atoms with Crippen molar-refractivity contribution in [3.05, 3.63) is 30.1 Å². The molecule has 1 aromatic heterocycles. The second-order valence-corrected chi connectivity index (χ2v) is 5.24. The summed E-state index contributed by atoms with van der Waals surface area (Å²) in [5, 5.41) is 3.48. The monoisotopic (exact) mass is 221 g/mol. The largest absolute Gasteiger partial charge is 0.311 e. The minimum Gasteiger partial charge on any atom is -0.311 e. The van der Waals surface area contributed by atoms with E-state index in [0.717, 1.165) is 25.3 Å². The summed E-state index contributed by atoms with van der Waals surface area (Å²) in [6.45, 7) is 9.51. The molecular formula is C13H23N3. The molecule has 1 aromatic rings. The molecule has 1 rings (SSSR count). The van der Waals surface area contributed by atoms with Gasteiger partial charge < -0.3 is 5.32 Å². The predicted octanol–water partition coefficient (Wildman–Crippen LogP) is 1.90. The fourth-order valence-electron chi connectivity index (χ4n) is 1.47.